The second-order valence-corrected chi connectivity index (χ2v) is 6.30. The van der Waals surface area contributed by atoms with Gasteiger partial charge in [-0.25, -0.2) is 15.0 Å². The van der Waals surface area contributed by atoms with E-state index in [2.05, 4.69) is 25.0 Å². The Kier molecular flexibility index (Phi) is 3.90. The molecule has 7 nitrogen and oxygen atoms in total. The van der Waals surface area contributed by atoms with Crippen molar-refractivity contribution in [3.8, 4) is 11.3 Å². The zero-order chi connectivity index (χ0) is 16.7. The second kappa shape index (κ2) is 6.07. The van der Waals surface area contributed by atoms with Crippen molar-refractivity contribution in [2.24, 2.45) is 0 Å². The molecule has 0 bridgehead atoms. The minimum atomic E-state index is 0.161. The van der Waals surface area contributed by atoms with Crippen LogP contribution in [0.1, 0.15) is 30.3 Å². The van der Waals surface area contributed by atoms with E-state index in [9.17, 15) is 0 Å². The minimum Gasteiger partial charge on any atom is -0.381 e. The van der Waals surface area contributed by atoms with Gasteiger partial charge in [-0.15, -0.1) is 0 Å². The molecule has 4 heterocycles. The van der Waals surface area contributed by atoms with Crippen molar-refractivity contribution in [1.82, 2.24) is 29.7 Å². The molecule has 0 N–H and O–H groups in total. The van der Waals surface area contributed by atoms with E-state index in [0.29, 0.717) is 22.9 Å². The SMILES string of the molecule is Cc1nc2nc(Cl)nc(-c3cnn(C4CCOCC4)c3)c2nc1C. The third-order valence-corrected chi connectivity index (χ3v) is 4.52. The Morgan fingerprint density at radius 1 is 1.08 bits per heavy atom. The molecular weight excluding hydrogens is 328 g/mol. The van der Waals surface area contributed by atoms with Crippen molar-refractivity contribution in [2.75, 3.05) is 13.2 Å². The summed E-state index contributed by atoms with van der Waals surface area (Å²) in [6, 6.07) is 0.353. The molecule has 24 heavy (non-hydrogen) atoms. The summed E-state index contributed by atoms with van der Waals surface area (Å²) in [6.07, 6.45) is 5.71. The molecule has 0 saturated carbocycles. The average molecular weight is 345 g/mol. The lowest BCUT2D eigenvalue weighted by molar-refractivity contribution is 0.0662. The molecule has 0 atom stereocenters. The lowest BCUT2D eigenvalue weighted by atomic mass is 10.1. The standard InChI is InChI=1S/C16H17ClN6O/c1-9-10(2)20-15-14(19-9)13(21-16(17)22-15)11-7-18-23(8-11)12-3-5-24-6-4-12/h7-8,12H,3-6H2,1-2H3. The minimum absolute atomic E-state index is 0.161. The van der Waals surface area contributed by atoms with Crippen LogP contribution in [0.2, 0.25) is 5.28 Å². The number of hydrogen-bond donors (Lipinski definition) is 0. The van der Waals surface area contributed by atoms with Crippen LogP contribution >= 0.6 is 11.6 Å². The largest absolute Gasteiger partial charge is 0.381 e. The van der Waals surface area contributed by atoms with E-state index in [1.165, 1.54) is 0 Å². The van der Waals surface area contributed by atoms with Crippen LogP contribution in [0.3, 0.4) is 0 Å². The summed E-state index contributed by atoms with van der Waals surface area (Å²) < 4.78 is 7.39. The Labute approximate surface area is 144 Å². The van der Waals surface area contributed by atoms with E-state index >= 15 is 0 Å². The molecule has 1 saturated heterocycles. The van der Waals surface area contributed by atoms with E-state index in [4.69, 9.17) is 16.3 Å². The number of hydrogen-bond acceptors (Lipinski definition) is 6. The highest BCUT2D eigenvalue weighted by atomic mass is 35.5. The van der Waals surface area contributed by atoms with E-state index < -0.39 is 0 Å². The Bertz CT molecular complexity index is 903. The first kappa shape index (κ1) is 15.4. The van der Waals surface area contributed by atoms with Gasteiger partial charge in [-0.05, 0) is 38.3 Å². The van der Waals surface area contributed by atoms with Crippen molar-refractivity contribution in [1.29, 1.82) is 0 Å². The molecule has 1 fully saturated rings. The lowest BCUT2D eigenvalue weighted by Gasteiger charge is -2.22. The fourth-order valence-electron chi connectivity index (χ4n) is 2.90. The molecular formula is C16H17ClN6O. The number of halogens is 1. The number of aryl methyl sites for hydroxylation is 2. The molecule has 3 aromatic heterocycles. The normalized spacial score (nSPS) is 16.0. The Balaban J connectivity index is 1.81. The van der Waals surface area contributed by atoms with Gasteiger partial charge in [-0.2, -0.15) is 10.1 Å². The van der Waals surface area contributed by atoms with Crippen molar-refractivity contribution in [2.45, 2.75) is 32.7 Å². The van der Waals surface area contributed by atoms with Crippen LogP contribution in [0.25, 0.3) is 22.4 Å². The maximum Gasteiger partial charge on any atom is 0.225 e. The molecule has 0 radical (unpaired) electrons. The van der Waals surface area contributed by atoms with E-state index in [1.54, 1.807) is 6.20 Å². The van der Waals surface area contributed by atoms with Gasteiger partial charge in [0.25, 0.3) is 0 Å². The van der Waals surface area contributed by atoms with Gasteiger partial charge >= 0.3 is 0 Å². The van der Waals surface area contributed by atoms with Gasteiger partial charge in [0, 0.05) is 25.0 Å². The van der Waals surface area contributed by atoms with Gasteiger partial charge in [-0.1, -0.05) is 0 Å². The molecule has 1 aliphatic rings. The Morgan fingerprint density at radius 2 is 1.83 bits per heavy atom. The summed E-state index contributed by atoms with van der Waals surface area (Å²) in [5.41, 5.74) is 4.38. The van der Waals surface area contributed by atoms with Crippen LogP contribution in [-0.2, 0) is 4.74 Å². The van der Waals surface area contributed by atoms with Crippen LogP contribution in [0, 0.1) is 13.8 Å². The molecule has 0 amide bonds. The number of rotatable bonds is 2. The predicted molar refractivity (Wildman–Crippen MR) is 89.9 cm³/mol. The smallest absolute Gasteiger partial charge is 0.225 e. The summed E-state index contributed by atoms with van der Waals surface area (Å²) >= 11 is 6.09. The van der Waals surface area contributed by atoms with Gasteiger partial charge in [-0.3, -0.25) is 4.68 Å². The summed E-state index contributed by atoms with van der Waals surface area (Å²) in [6.45, 7) is 5.37. The Hall–Kier alpha value is -2.12. The van der Waals surface area contributed by atoms with Gasteiger partial charge in [0.1, 0.15) is 11.2 Å². The van der Waals surface area contributed by atoms with Crippen LogP contribution in [0.5, 0.6) is 0 Å². The molecule has 3 aromatic rings. The zero-order valence-electron chi connectivity index (χ0n) is 13.5. The molecule has 1 aliphatic heterocycles. The summed E-state index contributed by atoms with van der Waals surface area (Å²) in [4.78, 5) is 17.7. The highest BCUT2D eigenvalue weighted by Gasteiger charge is 2.19. The first-order chi connectivity index (χ1) is 11.6. The van der Waals surface area contributed by atoms with Gasteiger partial charge in [0.15, 0.2) is 5.65 Å². The highest BCUT2D eigenvalue weighted by Crippen LogP contribution is 2.28. The molecule has 0 aromatic carbocycles. The maximum atomic E-state index is 6.09. The number of nitrogens with zero attached hydrogens (tertiary/aromatic N) is 6. The fraction of sp³-hybridized carbons (Fsp3) is 0.438. The third-order valence-electron chi connectivity index (χ3n) is 4.35. The maximum absolute atomic E-state index is 6.09. The summed E-state index contributed by atoms with van der Waals surface area (Å²) in [5.74, 6) is 0. The molecule has 0 aliphatic carbocycles. The van der Waals surface area contributed by atoms with Gasteiger partial charge in [0.05, 0.1) is 23.6 Å². The van der Waals surface area contributed by atoms with Crippen molar-refractivity contribution >= 4 is 22.8 Å². The number of aromatic nitrogens is 6. The fourth-order valence-corrected chi connectivity index (χ4v) is 3.06. The second-order valence-electron chi connectivity index (χ2n) is 5.96. The van der Waals surface area contributed by atoms with Crippen LogP contribution in [0.4, 0.5) is 0 Å². The van der Waals surface area contributed by atoms with Crippen molar-refractivity contribution < 1.29 is 4.74 Å². The first-order valence-corrected chi connectivity index (χ1v) is 8.30. The molecule has 0 spiro atoms. The monoisotopic (exact) mass is 344 g/mol. The molecule has 8 heteroatoms. The summed E-state index contributed by atoms with van der Waals surface area (Å²) in [5, 5.41) is 4.66. The van der Waals surface area contributed by atoms with Crippen molar-refractivity contribution in [3.63, 3.8) is 0 Å². The molecule has 124 valence electrons. The third kappa shape index (κ3) is 2.74. The summed E-state index contributed by atoms with van der Waals surface area (Å²) in [7, 11) is 0. The van der Waals surface area contributed by atoms with E-state index in [1.807, 2.05) is 24.7 Å². The van der Waals surface area contributed by atoms with Crippen LogP contribution in [-0.4, -0.2) is 42.9 Å². The zero-order valence-corrected chi connectivity index (χ0v) is 14.3. The topological polar surface area (TPSA) is 78.6 Å². The van der Waals surface area contributed by atoms with Crippen LogP contribution in [0.15, 0.2) is 12.4 Å². The van der Waals surface area contributed by atoms with E-state index in [-0.39, 0.29) is 5.28 Å². The van der Waals surface area contributed by atoms with E-state index in [0.717, 1.165) is 43.0 Å². The average Bonchev–Trinajstić information content (AvgIpc) is 3.06. The molecule has 4 rings (SSSR count). The molecule has 0 unspecified atom stereocenters. The van der Waals surface area contributed by atoms with Crippen LogP contribution < -0.4 is 0 Å². The van der Waals surface area contributed by atoms with Gasteiger partial charge in [0.2, 0.25) is 5.28 Å². The lowest BCUT2D eigenvalue weighted by Crippen LogP contribution is -2.19. The number of ether oxygens (including phenoxy) is 1. The quantitative estimate of drug-likeness (QED) is 0.665. The highest BCUT2D eigenvalue weighted by molar-refractivity contribution is 6.28. The Morgan fingerprint density at radius 3 is 2.62 bits per heavy atom. The predicted octanol–water partition coefficient (Wildman–Crippen LogP) is 2.91. The first-order valence-electron chi connectivity index (χ1n) is 7.92. The van der Waals surface area contributed by atoms with Gasteiger partial charge < -0.3 is 4.74 Å². The number of fused-ring (bicyclic) bond motifs is 1. The van der Waals surface area contributed by atoms with Crippen molar-refractivity contribution in [3.05, 3.63) is 29.1 Å².